The first kappa shape index (κ1) is 19.2. The fourth-order valence-corrected chi connectivity index (χ4v) is 3.82. The van der Waals surface area contributed by atoms with Crippen LogP contribution in [0.4, 0.5) is 16.2 Å². The number of benzene rings is 1. The van der Waals surface area contributed by atoms with Gasteiger partial charge in [-0.05, 0) is 18.2 Å². The van der Waals surface area contributed by atoms with Gasteiger partial charge in [-0.3, -0.25) is 10.1 Å². The molecule has 1 fully saturated rings. The summed E-state index contributed by atoms with van der Waals surface area (Å²) >= 11 is 0. The number of piperazine rings is 1. The average molecular weight is 392 g/mol. The first-order chi connectivity index (χ1) is 12.8. The summed E-state index contributed by atoms with van der Waals surface area (Å²) in [6.07, 6.45) is 1.20. The summed E-state index contributed by atoms with van der Waals surface area (Å²) < 4.78 is 10.9. The van der Waals surface area contributed by atoms with Gasteiger partial charge >= 0.3 is 6.09 Å². The van der Waals surface area contributed by atoms with Crippen LogP contribution < -0.4 is 4.90 Å². The highest BCUT2D eigenvalue weighted by Crippen LogP contribution is 2.34. The Morgan fingerprint density at radius 2 is 1.93 bits per heavy atom. The maximum absolute atomic E-state index is 12.2. The number of furan rings is 1. The summed E-state index contributed by atoms with van der Waals surface area (Å²) in [5, 5.41) is 11.7. The minimum atomic E-state index is -1.22. The van der Waals surface area contributed by atoms with Crippen LogP contribution in [-0.4, -0.2) is 56.8 Å². The Balaban J connectivity index is 1.62. The molecule has 0 atom stereocenters. The van der Waals surface area contributed by atoms with Gasteiger partial charge in [0, 0.05) is 40.3 Å². The van der Waals surface area contributed by atoms with Crippen LogP contribution in [0.25, 0.3) is 11.0 Å². The van der Waals surface area contributed by atoms with E-state index in [9.17, 15) is 14.9 Å². The first-order valence-corrected chi connectivity index (χ1v) is 12.8. The third-order valence-electron chi connectivity index (χ3n) is 4.73. The van der Waals surface area contributed by atoms with Crippen LogP contribution in [0.1, 0.15) is 0 Å². The molecule has 146 valence electrons. The quantitative estimate of drug-likeness (QED) is 0.436. The highest BCUT2D eigenvalue weighted by atomic mass is 28.3. The summed E-state index contributed by atoms with van der Waals surface area (Å²) in [7, 11) is -1.22. The van der Waals surface area contributed by atoms with Crippen LogP contribution >= 0.6 is 0 Å². The van der Waals surface area contributed by atoms with Gasteiger partial charge in [0.15, 0.2) is 5.58 Å². The van der Waals surface area contributed by atoms with Gasteiger partial charge in [-0.1, -0.05) is 19.6 Å². The SMILES string of the molecule is C[Si](C)(C)CCOC(=O)N1CCN(c2ccc([N+](=O)[O-])c3ccoc23)CC1. The predicted octanol–water partition coefficient (Wildman–Crippen LogP) is 3.94. The lowest BCUT2D eigenvalue weighted by atomic mass is 10.1. The lowest BCUT2D eigenvalue weighted by Gasteiger charge is -2.35. The van der Waals surface area contributed by atoms with E-state index >= 15 is 0 Å². The fraction of sp³-hybridized carbons (Fsp3) is 0.500. The second-order valence-electron chi connectivity index (χ2n) is 7.92. The molecule has 0 bridgehead atoms. The number of non-ortho nitro benzene ring substituents is 1. The van der Waals surface area contributed by atoms with E-state index in [4.69, 9.17) is 9.15 Å². The molecule has 0 N–H and O–H groups in total. The molecule has 0 aliphatic carbocycles. The molecule has 8 nitrogen and oxygen atoms in total. The van der Waals surface area contributed by atoms with Crippen molar-refractivity contribution in [2.24, 2.45) is 0 Å². The van der Waals surface area contributed by atoms with Gasteiger partial charge in [-0.15, -0.1) is 0 Å². The molecule has 0 saturated carbocycles. The van der Waals surface area contributed by atoms with Crippen molar-refractivity contribution in [2.45, 2.75) is 25.7 Å². The molecule has 0 unspecified atom stereocenters. The Labute approximate surface area is 158 Å². The van der Waals surface area contributed by atoms with E-state index in [1.807, 2.05) is 0 Å². The first-order valence-electron chi connectivity index (χ1n) is 9.07. The van der Waals surface area contributed by atoms with Crippen LogP contribution in [0.15, 0.2) is 28.9 Å². The van der Waals surface area contributed by atoms with Crippen LogP contribution in [-0.2, 0) is 4.74 Å². The second-order valence-corrected chi connectivity index (χ2v) is 13.5. The molecule has 1 aliphatic heterocycles. The molecule has 1 aromatic carbocycles. The van der Waals surface area contributed by atoms with Crippen LogP contribution in [0, 0.1) is 10.1 Å². The number of nitrogens with zero attached hydrogens (tertiary/aromatic N) is 3. The standard InChI is InChI=1S/C18H25N3O5Si/c1-27(2,3)13-12-26-18(22)20-9-7-19(8-10-20)16-5-4-15(21(23)24)14-6-11-25-17(14)16/h4-6,11H,7-10,12-13H2,1-3H3. The number of amides is 1. The summed E-state index contributed by atoms with van der Waals surface area (Å²) in [5.41, 5.74) is 1.36. The van der Waals surface area contributed by atoms with Crippen LogP contribution in [0.5, 0.6) is 0 Å². The number of ether oxygens (including phenoxy) is 1. The highest BCUT2D eigenvalue weighted by molar-refractivity contribution is 6.76. The number of rotatable bonds is 5. The number of hydrogen-bond donors (Lipinski definition) is 0. The van der Waals surface area contributed by atoms with E-state index in [0.29, 0.717) is 43.8 Å². The van der Waals surface area contributed by atoms with Crippen molar-refractivity contribution in [1.29, 1.82) is 0 Å². The second kappa shape index (κ2) is 7.59. The van der Waals surface area contributed by atoms with Gasteiger partial charge in [0.2, 0.25) is 0 Å². The molecule has 0 radical (unpaired) electrons. The number of nitro groups is 1. The molecule has 27 heavy (non-hydrogen) atoms. The van der Waals surface area contributed by atoms with E-state index < -0.39 is 13.0 Å². The summed E-state index contributed by atoms with van der Waals surface area (Å²) in [4.78, 5) is 26.8. The molecule has 3 rings (SSSR count). The van der Waals surface area contributed by atoms with Crippen LogP contribution in [0.3, 0.4) is 0 Å². The molecule has 1 amide bonds. The highest BCUT2D eigenvalue weighted by Gasteiger charge is 2.26. The smallest absolute Gasteiger partial charge is 0.409 e. The number of nitro benzene ring substituents is 1. The van der Waals surface area contributed by atoms with Crippen molar-refractivity contribution in [3.63, 3.8) is 0 Å². The lowest BCUT2D eigenvalue weighted by molar-refractivity contribution is -0.383. The molecule has 1 aromatic heterocycles. The van der Waals surface area contributed by atoms with E-state index in [1.54, 1.807) is 17.0 Å². The van der Waals surface area contributed by atoms with Crippen molar-refractivity contribution < 1.29 is 18.9 Å². The zero-order valence-electron chi connectivity index (χ0n) is 15.9. The zero-order chi connectivity index (χ0) is 19.6. The van der Waals surface area contributed by atoms with Gasteiger partial charge in [-0.25, -0.2) is 4.79 Å². The average Bonchev–Trinajstić information content (AvgIpc) is 3.09. The van der Waals surface area contributed by atoms with E-state index in [-0.39, 0.29) is 11.8 Å². The van der Waals surface area contributed by atoms with Gasteiger partial charge in [-0.2, -0.15) is 0 Å². The number of carbonyl (C=O) groups is 1. The molecule has 2 aromatic rings. The molecular formula is C18H25N3O5Si. The monoisotopic (exact) mass is 391 g/mol. The third kappa shape index (κ3) is 4.41. The Bertz CT molecular complexity index is 837. The normalized spacial score (nSPS) is 15.2. The van der Waals surface area contributed by atoms with Crippen molar-refractivity contribution in [3.05, 3.63) is 34.6 Å². The van der Waals surface area contributed by atoms with E-state index in [0.717, 1.165) is 11.7 Å². The summed E-state index contributed by atoms with van der Waals surface area (Å²) in [6.45, 7) is 9.56. The molecule has 9 heteroatoms. The van der Waals surface area contributed by atoms with Crippen molar-refractivity contribution in [2.75, 3.05) is 37.7 Å². The van der Waals surface area contributed by atoms with Gasteiger partial charge in [0.1, 0.15) is 5.39 Å². The number of hydrogen-bond acceptors (Lipinski definition) is 6. The summed E-state index contributed by atoms with van der Waals surface area (Å²) in [5.74, 6) is 0. The number of carbonyl (C=O) groups excluding carboxylic acids is 1. The Kier molecular flexibility index (Phi) is 5.40. The van der Waals surface area contributed by atoms with Crippen molar-refractivity contribution >= 4 is 36.5 Å². The molecular weight excluding hydrogens is 366 g/mol. The minimum Gasteiger partial charge on any atom is -0.462 e. The maximum atomic E-state index is 12.2. The molecule has 2 heterocycles. The van der Waals surface area contributed by atoms with Crippen LogP contribution in [0.2, 0.25) is 25.7 Å². The third-order valence-corrected chi connectivity index (χ3v) is 6.43. The van der Waals surface area contributed by atoms with Gasteiger partial charge in [0.05, 0.1) is 23.5 Å². The fourth-order valence-electron chi connectivity index (χ4n) is 3.11. The van der Waals surface area contributed by atoms with E-state index in [1.165, 1.54) is 12.3 Å². The predicted molar refractivity (Wildman–Crippen MR) is 106 cm³/mol. The lowest BCUT2D eigenvalue weighted by Crippen LogP contribution is -2.49. The summed E-state index contributed by atoms with van der Waals surface area (Å²) in [6, 6.07) is 5.79. The van der Waals surface area contributed by atoms with Gasteiger partial charge in [0.25, 0.3) is 5.69 Å². The van der Waals surface area contributed by atoms with Crippen molar-refractivity contribution in [1.82, 2.24) is 4.90 Å². The zero-order valence-corrected chi connectivity index (χ0v) is 16.9. The van der Waals surface area contributed by atoms with Crippen molar-refractivity contribution in [3.8, 4) is 0 Å². The Hall–Kier alpha value is -2.55. The molecule has 0 spiro atoms. The maximum Gasteiger partial charge on any atom is 0.409 e. The molecule has 1 saturated heterocycles. The van der Waals surface area contributed by atoms with Gasteiger partial charge < -0.3 is 19.0 Å². The Morgan fingerprint density at radius 1 is 1.22 bits per heavy atom. The minimum absolute atomic E-state index is 0.0344. The van der Waals surface area contributed by atoms with E-state index in [2.05, 4.69) is 24.5 Å². The number of fused-ring (bicyclic) bond motifs is 1. The largest absolute Gasteiger partial charge is 0.462 e. The topological polar surface area (TPSA) is 89.1 Å². The Morgan fingerprint density at radius 3 is 2.56 bits per heavy atom. The number of anilines is 1. The molecule has 1 aliphatic rings.